The van der Waals surface area contributed by atoms with E-state index in [0.29, 0.717) is 5.02 Å². The van der Waals surface area contributed by atoms with Crippen LogP contribution in [0.2, 0.25) is 5.02 Å². The Balaban J connectivity index is 1.93. The van der Waals surface area contributed by atoms with Crippen LogP contribution in [0.1, 0.15) is 5.69 Å². The van der Waals surface area contributed by atoms with Gasteiger partial charge >= 0.3 is 0 Å². The molecule has 0 aliphatic heterocycles. The number of nitrogens with one attached hydrogen (secondary N) is 1. The summed E-state index contributed by atoms with van der Waals surface area (Å²) in [5, 5.41) is 13.7. The molecule has 0 fully saturated rings. The second-order valence-corrected chi connectivity index (χ2v) is 6.29. The van der Waals surface area contributed by atoms with Gasteiger partial charge in [0.25, 0.3) is 0 Å². The highest BCUT2D eigenvalue weighted by Gasteiger charge is 2.15. The van der Waals surface area contributed by atoms with Gasteiger partial charge in [0, 0.05) is 22.0 Å². The molecule has 2 N–H and O–H groups in total. The summed E-state index contributed by atoms with van der Waals surface area (Å²) in [7, 11) is 0. The lowest BCUT2D eigenvalue weighted by Crippen LogP contribution is -1.99. The molecule has 5 heteroatoms. The molecule has 4 rings (SSSR count). The van der Waals surface area contributed by atoms with E-state index in [4.69, 9.17) is 16.6 Å². The second kappa shape index (κ2) is 6.15. The van der Waals surface area contributed by atoms with Crippen molar-refractivity contribution in [1.29, 1.82) is 0 Å². The molecule has 0 atom stereocenters. The molecule has 2 aromatic heterocycles. The van der Waals surface area contributed by atoms with Crippen molar-refractivity contribution in [3.63, 3.8) is 0 Å². The number of phenolic OH excluding ortho intramolecular Hbond substituents is 1. The molecule has 4 aromatic rings. The fourth-order valence-electron chi connectivity index (χ4n) is 2.89. The van der Waals surface area contributed by atoms with E-state index in [-0.39, 0.29) is 5.75 Å². The standard InChI is InChI=1S/C20H16ClN3O/c1-13-4-2-7-18-23-19(14-8-10-17(25)11-9-14)20(24(13)18)22-16-6-3-5-15(21)12-16/h2-12,22,25H,1H3. The Bertz CT molecular complexity index is 1050. The van der Waals surface area contributed by atoms with E-state index in [1.54, 1.807) is 12.1 Å². The number of aromatic hydroxyl groups is 1. The average molecular weight is 350 g/mol. The van der Waals surface area contributed by atoms with Crippen LogP contribution in [-0.2, 0) is 0 Å². The van der Waals surface area contributed by atoms with Crippen LogP contribution in [0, 0.1) is 6.92 Å². The van der Waals surface area contributed by atoms with Gasteiger partial charge in [-0.25, -0.2) is 4.98 Å². The minimum absolute atomic E-state index is 0.230. The van der Waals surface area contributed by atoms with E-state index in [9.17, 15) is 5.11 Å². The van der Waals surface area contributed by atoms with Crippen LogP contribution in [0.15, 0.2) is 66.7 Å². The first-order chi connectivity index (χ1) is 12.1. The van der Waals surface area contributed by atoms with Gasteiger partial charge in [0.15, 0.2) is 0 Å². The largest absolute Gasteiger partial charge is 0.508 e. The van der Waals surface area contributed by atoms with Crippen LogP contribution in [0.5, 0.6) is 5.75 Å². The van der Waals surface area contributed by atoms with Gasteiger partial charge in [-0.05, 0) is 61.5 Å². The molecule has 2 heterocycles. The molecule has 25 heavy (non-hydrogen) atoms. The minimum atomic E-state index is 0.230. The Hall–Kier alpha value is -2.98. The van der Waals surface area contributed by atoms with Gasteiger partial charge < -0.3 is 10.4 Å². The molecule has 0 radical (unpaired) electrons. The van der Waals surface area contributed by atoms with Crippen LogP contribution in [0.25, 0.3) is 16.9 Å². The number of aryl methyl sites for hydroxylation is 1. The number of phenols is 1. The number of hydrogen-bond acceptors (Lipinski definition) is 3. The summed E-state index contributed by atoms with van der Waals surface area (Å²) in [6.07, 6.45) is 0. The third-order valence-electron chi connectivity index (χ3n) is 4.07. The highest BCUT2D eigenvalue weighted by atomic mass is 35.5. The fraction of sp³-hybridized carbons (Fsp3) is 0.0500. The highest BCUT2D eigenvalue weighted by molar-refractivity contribution is 6.30. The zero-order chi connectivity index (χ0) is 17.4. The molecule has 0 amide bonds. The normalized spacial score (nSPS) is 11.0. The number of fused-ring (bicyclic) bond motifs is 1. The summed E-state index contributed by atoms with van der Waals surface area (Å²) in [5.41, 5.74) is 4.55. The Labute approximate surface area is 150 Å². The lowest BCUT2D eigenvalue weighted by Gasteiger charge is -2.11. The lowest BCUT2D eigenvalue weighted by atomic mass is 10.1. The predicted octanol–water partition coefficient (Wildman–Crippen LogP) is 5.41. The van der Waals surface area contributed by atoms with Crippen molar-refractivity contribution in [3.05, 3.63) is 77.4 Å². The first-order valence-corrected chi connectivity index (χ1v) is 8.30. The van der Waals surface area contributed by atoms with Gasteiger partial charge in [0.05, 0.1) is 0 Å². The summed E-state index contributed by atoms with van der Waals surface area (Å²) >= 11 is 6.12. The van der Waals surface area contributed by atoms with Crippen molar-refractivity contribution in [2.75, 3.05) is 5.32 Å². The smallest absolute Gasteiger partial charge is 0.143 e. The van der Waals surface area contributed by atoms with Crippen LogP contribution in [0.3, 0.4) is 0 Å². The quantitative estimate of drug-likeness (QED) is 0.519. The number of benzene rings is 2. The van der Waals surface area contributed by atoms with Crippen molar-refractivity contribution in [2.45, 2.75) is 6.92 Å². The van der Waals surface area contributed by atoms with Gasteiger partial charge in [0.1, 0.15) is 22.9 Å². The first-order valence-electron chi connectivity index (χ1n) is 7.92. The number of anilines is 2. The summed E-state index contributed by atoms with van der Waals surface area (Å²) in [5.74, 6) is 1.09. The zero-order valence-corrected chi connectivity index (χ0v) is 14.3. The highest BCUT2D eigenvalue weighted by Crippen LogP contribution is 2.33. The molecule has 0 spiro atoms. The number of imidazole rings is 1. The monoisotopic (exact) mass is 349 g/mol. The van der Waals surface area contributed by atoms with Gasteiger partial charge in [-0.2, -0.15) is 0 Å². The van der Waals surface area contributed by atoms with Crippen LogP contribution >= 0.6 is 11.6 Å². The molecular formula is C20H16ClN3O. The number of nitrogens with zero attached hydrogens (tertiary/aromatic N) is 2. The molecule has 0 aliphatic carbocycles. The van der Waals surface area contributed by atoms with Gasteiger partial charge in [-0.3, -0.25) is 4.40 Å². The van der Waals surface area contributed by atoms with Gasteiger partial charge in [-0.15, -0.1) is 0 Å². The second-order valence-electron chi connectivity index (χ2n) is 5.85. The third kappa shape index (κ3) is 2.92. The number of aromatic nitrogens is 2. The molecule has 0 saturated heterocycles. The summed E-state index contributed by atoms with van der Waals surface area (Å²) in [6.45, 7) is 2.04. The number of rotatable bonds is 3. The number of hydrogen-bond donors (Lipinski definition) is 2. The van der Waals surface area contributed by atoms with Crippen molar-refractivity contribution >= 4 is 28.8 Å². The SMILES string of the molecule is Cc1cccc2nc(-c3ccc(O)cc3)c(Nc3cccc(Cl)c3)n12. The molecule has 2 aromatic carbocycles. The van der Waals surface area contributed by atoms with E-state index >= 15 is 0 Å². The van der Waals surface area contributed by atoms with Crippen molar-refractivity contribution in [2.24, 2.45) is 0 Å². The van der Waals surface area contributed by atoms with E-state index in [1.807, 2.05) is 61.5 Å². The van der Waals surface area contributed by atoms with Gasteiger partial charge in [-0.1, -0.05) is 23.7 Å². The van der Waals surface area contributed by atoms with E-state index < -0.39 is 0 Å². The lowest BCUT2D eigenvalue weighted by molar-refractivity contribution is 0.475. The van der Waals surface area contributed by atoms with E-state index in [0.717, 1.165) is 34.1 Å². The first kappa shape index (κ1) is 15.5. The van der Waals surface area contributed by atoms with Crippen LogP contribution in [0.4, 0.5) is 11.5 Å². The minimum Gasteiger partial charge on any atom is -0.508 e. The molecule has 124 valence electrons. The maximum Gasteiger partial charge on any atom is 0.143 e. The molecule has 0 saturated carbocycles. The van der Waals surface area contributed by atoms with Crippen molar-refractivity contribution < 1.29 is 5.11 Å². The van der Waals surface area contributed by atoms with Crippen LogP contribution in [-0.4, -0.2) is 14.5 Å². The van der Waals surface area contributed by atoms with Crippen LogP contribution < -0.4 is 5.32 Å². The maximum atomic E-state index is 9.57. The summed E-state index contributed by atoms with van der Waals surface area (Å²) < 4.78 is 2.07. The van der Waals surface area contributed by atoms with E-state index in [1.165, 1.54) is 0 Å². The van der Waals surface area contributed by atoms with E-state index in [2.05, 4.69) is 9.72 Å². The average Bonchev–Trinajstić information content (AvgIpc) is 2.95. The number of halogens is 1. The molecule has 0 unspecified atom stereocenters. The van der Waals surface area contributed by atoms with Crippen molar-refractivity contribution in [1.82, 2.24) is 9.38 Å². The molecule has 0 bridgehead atoms. The molecule has 4 nitrogen and oxygen atoms in total. The topological polar surface area (TPSA) is 49.6 Å². The maximum absolute atomic E-state index is 9.57. The summed E-state index contributed by atoms with van der Waals surface area (Å²) in [6, 6.07) is 20.6. The predicted molar refractivity (Wildman–Crippen MR) is 102 cm³/mol. The zero-order valence-electron chi connectivity index (χ0n) is 13.6. The van der Waals surface area contributed by atoms with Crippen molar-refractivity contribution in [3.8, 4) is 17.0 Å². The molecular weight excluding hydrogens is 334 g/mol. The summed E-state index contributed by atoms with van der Waals surface area (Å²) in [4.78, 5) is 4.78. The Kier molecular flexibility index (Phi) is 3.82. The fourth-order valence-corrected chi connectivity index (χ4v) is 3.08. The van der Waals surface area contributed by atoms with Gasteiger partial charge in [0.2, 0.25) is 0 Å². The Morgan fingerprint density at radius 3 is 2.52 bits per heavy atom. The Morgan fingerprint density at radius 1 is 1.00 bits per heavy atom. The third-order valence-corrected chi connectivity index (χ3v) is 4.30. The number of pyridine rings is 1. The molecule has 0 aliphatic rings. The Morgan fingerprint density at radius 2 is 1.76 bits per heavy atom.